The second kappa shape index (κ2) is 15.3. The molecule has 0 bridgehead atoms. The van der Waals surface area contributed by atoms with Crippen LogP contribution >= 0.6 is 0 Å². The van der Waals surface area contributed by atoms with Crippen molar-refractivity contribution in [1.29, 1.82) is 0 Å². The minimum Gasteiger partial charge on any atom is -0.493 e. The molecule has 2 rings (SSSR count). The van der Waals surface area contributed by atoms with Gasteiger partial charge >= 0.3 is 6.09 Å². The molecule has 1 aromatic carbocycles. The van der Waals surface area contributed by atoms with Crippen molar-refractivity contribution in [2.24, 2.45) is 0 Å². The van der Waals surface area contributed by atoms with Gasteiger partial charge in [0.1, 0.15) is 12.3 Å². The summed E-state index contributed by atoms with van der Waals surface area (Å²) in [5, 5.41) is 7.90. The molecule has 13 heteroatoms. The predicted molar refractivity (Wildman–Crippen MR) is 137 cm³/mol. The second-order valence-corrected chi connectivity index (χ2v) is 8.25. The molecule has 0 spiro atoms. The molecule has 2 amide bonds. The molecule has 1 heterocycles. The zero-order valence-corrected chi connectivity index (χ0v) is 22.0. The SMILES string of the molecule is CCNC.[B]C(=O)C(C)(C)NC(=O)C(Cc1cnc[nH]1)NC(=O)Oc1c(OC)cc(CC=O)cc1OC. The Balaban J connectivity index is 0.00000159. The van der Waals surface area contributed by atoms with Gasteiger partial charge in [-0.15, -0.1) is 0 Å². The van der Waals surface area contributed by atoms with Crippen LogP contribution in [0.1, 0.15) is 32.0 Å². The van der Waals surface area contributed by atoms with E-state index >= 15 is 0 Å². The highest BCUT2D eigenvalue weighted by molar-refractivity contribution is 6.60. The van der Waals surface area contributed by atoms with Crippen molar-refractivity contribution in [3.05, 3.63) is 35.9 Å². The molecule has 2 aromatic rings. The number of carbonyl (C=O) groups is 4. The fourth-order valence-corrected chi connectivity index (χ4v) is 2.80. The molecule has 0 aliphatic heterocycles. The minimum absolute atomic E-state index is 0.0301. The van der Waals surface area contributed by atoms with E-state index in [1.165, 1.54) is 52.7 Å². The maximum atomic E-state index is 12.8. The maximum Gasteiger partial charge on any atom is 0.413 e. The van der Waals surface area contributed by atoms with Crippen LogP contribution in [0.3, 0.4) is 0 Å². The first-order valence-corrected chi connectivity index (χ1v) is 11.4. The molecule has 0 aliphatic rings. The molecule has 0 aliphatic carbocycles. The first-order chi connectivity index (χ1) is 17.5. The van der Waals surface area contributed by atoms with Crippen molar-refractivity contribution in [3.63, 3.8) is 0 Å². The van der Waals surface area contributed by atoms with Crippen LogP contribution in [0.2, 0.25) is 0 Å². The molecule has 0 fully saturated rings. The molecule has 0 saturated carbocycles. The number of rotatable bonds is 12. The summed E-state index contributed by atoms with van der Waals surface area (Å²) in [7, 11) is 9.99. The second-order valence-electron chi connectivity index (χ2n) is 8.25. The number of ether oxygens (including phenoxy) is 3. The number of H-pyrrole nitrogens is 1. The van der Waals surface area contributed by atoms with Crippen molar-refractivity contribution >= 4 is 31.8 Å². The predicted octanol–water partition coefficient (Wildman–Crippen LogP) is 0.684. The van der Waals surface area contributed by atoms with Gasteiger partial charge < -0.3 is 44.7 Å². The van der Waals surface area contributed by atoms with Crippen LogP contribution in [-0.2, 0) is 27.2 Å². The third kappa shape index (κ3) is 9.96. The number of nitrogens with one attached hydrogen (secondary N) is 4. The van der Waals surface area contributed by atoms with Gasteiger partial charge in [0, 0.05) is 24.7 Å². The molecule has 2 radical (unpaired) electrons. The summed E-state index contributed by atoms with van der Waals surface area (Å²) < 4.78 is 15.9. The van der Waals surface area contributed by atoms with E-state index in [1.54, 1.807) is 0 Å². The molecule has 1 unspecified atom stereocenters. The summed E-state index contributed by atoms with van der Waals surface area (Å²) in [6.45, 7) is 6.02. The van der Waals surface area contributed by atoms with Crippen molar-refractivity contribution in [2.45, 2.75) is 45.2 Å². The topological polar surface area (TPSA) is 161 Å². The molecule has 0 saturated heterocycles. The quantitative estimate of drug-likeness (QED) is 0.235. The zero-order valence-electron chi connectivity index (χ0n) is 22.0. The van der Waals surface area contributed by atoms with Gasteiger partial charge in [0.25, 0.3) is 0 Å². The normalized spacial score (nSPS) is 11.3. The van der Waals surface area contributed by atoms with Crippen LogP contribution in [0.4, 0.5) is 4.79 Å². The van der Waals surface area contributed by atoms with Crippen LogP contribution in [0, 0.1) is 0 Å². The number of methoxy groups -OCH3 is 2. The maximum absolute atomic E-state index is 12.8. The van der Waals surface area contributed by atoms with Crippen molar-refractivity contribution in [1.82, 2.24) is 25.9 Å². The molecular formula is C24H34BN5O7. The summed E-state index contributed by atoms with van der Waals surface area (Å²) in [4.78, 5) is 54.7. The standard InChI is InChI=1S/C21H25BN4O7.C3H9N/c1-21(2,19(22)29)26-18(28)14(9-13-10-23-11-24-13)25-20(30)33-17-15(31-3)7-12(5-6-27)8-16(17)32-4;1-3-4-2/h6-8,10-11,14H,5,9H2,1-4H3,(H,23,24)(H,25,30)(H,26,28);4H,3H2,1-2H3. The first-order valence-electron chi connectivity index (χ1n) is 11.4. The largest absolute Gasteiger partial charge is 0.493 e. The number of nitrogens with zero attached hydrogens (tertiary/aromatic N) is 1. The lowest BCUT2D eigenvalue weighted by Crippen LogP contribution is -2.57. The molecule has 200 valence electrons. The summed E-state index contributed by atoms with van der Waals surface area (Å²) in [6.07, 6.45) is 2.79. The lowest BCUT2D eigenvalue weighted by atomic mass is 9.84. The van der Waals surface area contributed by atoms with E-state index in [0.717, 1.165) is 6.54 Å². The number of hydrogen-bond acceptors (Lipinski definition) is 9. The fraction of sp³-hybridized carbons (Fsp3) is 0.458. The first kappa shape index (κ1) is 31.2. The average molecular weight is 515 g/mol. The average Bonchev–Trinajstić information content (AvgIpc) is 3.37. The van der Waals surface area contributed by atoms with E-state index in [1.807, 2.05) is 7.05 Å². The molecular weight excluding hydrogens is 481 g/mol. The number of amides is 2. The number of aromatic nitrogens is 2. The number of hydrogen-bond donors (Lipinski definition) is 4. The van der Waals surface area contributed by atoms with Crippen LogP contribution in [0.15, 0.2) is 24.7 Å². The van der Waals surface area contributed by atoms with E-state index in [-0.39, 0.29) is 30.1 Å². The van der Waals surface area contributed by atoms with Crippen LogP contribution < -0.4 is 30.2 Å². The highest BCUT2D eigenvalue weighted by atomic mass is 16.6. The zero-order chi connectivity index (χ0) is 28.0. The molecule has 12 nitrogen and oxygen atoms in total. The number of benzene rings is 1. The third-order valence-electron chi connectivity index (χ3n) is 5.03. The van der Waals surface area contributed by atoms with Gasteiger partial charge in [-0.1, -0.05) is 6.92 Å². The van der Waals surface area contributed by atoms with Crippen LogP contribution in [-0.4, -0.2) is 81.2 Å². The van der Waals surface area contributed by atoms with E-state index < -0.39 is 29.3 Å². The Morgan fingerprint density at radius 1 is 1.19 bits per heavy atom. The van der Waals surface area contributed by atoms with E-state index in [2.05, 4.69) is 32.8 Å². The third-order valence-corrected chi connectivity index (χ3v) is 5.03. The van der Waals surface area contributed by atoms with Crippen molar-refractivity contribution in [3.8, 4) is 17.2 Å². The lowest BCUT2D eigenvalue weighted by Gasteiger charge is -2.27. The van der Waals surface area contributed by atoms with Crippen molar-refractivity contribution in [2.75, 3.05) is 27.8 Å². The Labute approximate surface area is 217 Å². The Morgan fingerprint density at radius 3 is 2.22 bits per heavy atom. The lowest BCUT2D eigenvalue weighted by molar-refractivity contribution is -0.128. The Morgan fingerprint density at radius 2 is 1.78 bits per heavy atom. The van der Waals surface area contributed by atoms with E-state index in [4.69, 9.17) is 22.1 Å². The fourth-order valence-electron chi connectivity index (χ4n) is 2.80. The molecule has 1 atom stereocenters. The Hall–Kier alpha value is -3.87. The van der Waals surface area contributed by atoms with Gasteiger partial charge in [0.05, 0.1) is 31.8 Å². The summed E-state index contributed by atoms with van der Waals surface area (Å²) in [6, 6.07) is 1.93. The summed E-state index contributed by atoms with van der Waals surface area (Å²) >= 11 is 0. The molecule has 1 aromatic heterocycles. The minimum atomic E-state index is -1.35. The smallest absolute Gasteiger partial charge is 0.413 e. The number of imidazole rings is 1. The molecule has 37 heavy (non-hydrogen) atoms. The van der Waals surface area contributed by atoms with E-state index in [0.29, 0.717) is 17.5 Å². The number of aromatic amines is 1. The Kier molecular flexibility index (Phi) is 12.9. The van der Waals surface area contributed by atoms with Crippen LogP contribution in [0.5, 0.6) is 17.2 Å². The van der Waals surface area contributed by atoms with Gasteiger partial charge in [-0.05, 0) is 45.1 Å². The van der Waals surface area contributed by atoms with Gasteiger partial charge in [-0.25, -0.2) is 9.78 Å². The van der Waals surface area contributed by atoms with E-state index in [9.17, 15) is 19.2 Å². The number of carbonyl (C=O) groups excluding carboxylic acids is 4. The van der Waals surface area contributed by atoms with Gasteiger partial charge in [-0.3, -0.25) is 4.79 Å². The highest BCUT2D eigenvalue weighted by Crippen LogP contribution is 2.38. The summed E-state index contributed by atoms with van der Waals surface area (Å²) in [5.41, 5.74) is -0.948. The number of aldehydes is 1. The monoisotopic (exact) mass is 515 g/mol. The van der Waals surface area contributed by atoms with Gasteiger partial charge in [0.2, 0.25) is 11.7 Å². The van der Waals surface area contributed by atoms with Gasteiger partial charge in [-0.2, -0.15) is 0 Å². The van der Waals surface area contributed by atoms with Crippen LogP contribution in [0.25, 0.3) is 0 Å². The van der Waals surface area contributed by atoms with Gasteiger partial charge in [0.15, 0.2) is 19.3 Å². The Bertz CT molecular complexity index is 1020. The highest BCUT2D eigenvalue weighted by Gasteiger charge is 2.31. The molecule has 4 N–H and O–H groups in total. The summed E-state index contributed by atoms with van der Waals surface area (Å²) in [5.74, 6) is -0.382. The van der Waals surface area contributed by atoms with Crippen molar-refractivity contribution < 1.29 is 33.4 Å².